The minimum Gasteiger partial charge on any atom is -0.461 e. The van der Waals surface area contributed by atoms with E-state index >= 15 is 0 Å². The normalized spacial score (nSPS) is 10.6. The Labute approximate surface area is 139 Å². The number of ether oxygens (including phenoxy) is 1. The maximum atomic E-state index is 13.3. The SMILES string of the molecule is CCOC(=O)c1c(C)nc(-c2ccccc2)n1-c1ccc(F)cc1. The number of imidazole rings is 1. The van der Waals surface area contributed by atoms with Crippen LogP contribution in [-0.2, 0) is 4.74 Å². The van der Waals surface area contributed by atoms with Crippen molar-refractivity contribution < 1.29 is 13.9 Å². The van der Waals surface area contributed by atoms with Gasteiger partial charge in [0.25, 0.3) is 0 Å². The van der Waals surface area contributed by atoms with Crippen molar-refractivity contribution in [3.8, 4) is 17.1 Å². The van der Waals surface area contributed by atoms with Crippen LogP contribution in [0.5, 0.6) is 0 Å². The minimum atomic E-state index is -0.450. The van der Waals surface area contributed by atoms with Crippen LogP contribution in [0.15, 0.2) is 54.6 Å². The molecule has 0 aliphatic carbocycles. The van der Waals surface area contributed by atoms with Crippen molar-refractivity contribution in [3.05, 3.63) is 71.8 Å². The molecule has 3 aromatic rings. The molecular formula is C19H17FN2O2. The van der Waals surface area contributed by atoms with Crippen LogP contribution in [0.1, 0.15) is 23.1 Å². The Morgan fingerprint density at radius 1 is 1.12 bits per heavy atom. The van der Waals surface area contributed by atoms with Crippen molar-refractivity contribution in [1.82, 2.24) is 9.55 Å². The molecule has 0 unspecified atom stereocenters. The molecule has 0 spiro atoms. The van der Waals surface area contributed by atoms with E-state index in [9.17, 15) is 9.18 Å². The van der Waals surface area contributed by atoms with Crippen LogP contribution in [0.2, 0.25) is 0 Å². The molecule has 4 nitrogen and oxygen atoms in total. The molecule has 0 amide bonds. The lowest BCUT2D eigenvalue weighted by molar-refractivity contribution is 0.0516. The zero-order chi connectivity index (χ0) is 17.1. The molecule has 2 aromatic carbocycles. The Balaban J connectivity index is 2.25. The summed E-state index contributed by atoms with van der Waals surface area (Å²) in [6, 6.07) is 15.5. The van der Waals surface area contributed by atoms with Gasteiger partial charge in [0.05, 0.1) is 12.3 Å². The van der Waals surface area contributed by atoms with Crippen LogP contribution in [0.3, 0.4) is 0 Å². The van der Waals surface area contributed by atoms with E-state index in [1.807, 2.05) is 30.3 Å². The Hall–Kier alpha value is -2.95. The van der Waals surface area contributed by atoms with Crippen molar-refractivity contribution >= 4 is 5.97 Å². The third-order valence-corrected chi connectivity index (χ3v) is 3.64. The molecule has 0 N–H and O–H groups in total. The Morgan fingerprint density at radius 3 is 2.42 bits per heavy atom. The van der Waals surface area contributed by atoms with Gasteiger partial charge in [-0.25, -0.2) is 14.2 Å². The van der Waals surface area contributed by atoms with Crippen molar-refractivity contribution in [2.75, 3.05) is 6.61 Å². The number of hydrogen-bond acceptors (Lipinski definition) is 3. The van der Waals surface area contributed by atoms with Gasteiger partial charge in [-0.1, -0.05) is 30.3 Å². The number of carbonyl (C=O) groups is 1. The molecule has 0 aliphatic heterocycles. The number of aryl methyl sites for hydroxylation is 1. The molecule has 0 saturated heterocycles. The smallest absolute Gasteiger partial charge is 0.357 e. The summed E-state index contributed by atoms with van der Waals surface area (Å²) in [5.41, 5.74) is 2.43. The number of benzene rings is 2. The van der Waals surface area contributed by atoms with Gasteiger partial charge >= 0.3 is 5.97 Å². The predicted octanol–water partition coefficient (Wildman–Crippen LogP) is 4.16. The fourth-order valence-corrected chi connectivity index (χ4v) is 2.59. The van der Waals surface area contributed by atoms with Gasteiger partial charge in [0.1, 0.15) is 11.6 Å². The van der Waals surface area contributed by atoms with Gasteiger partial charge in [-0.05, 0) is 38.1 Å². The number of aromatic nitrogens is 2. The highest BCUT2D eigenvalue weighted by Crippen LogP contribution is 2.27. The third kappa shape index (κ3) is 2.93. The van der Waals surface area contributed by atoms with Gasteiger partial charge in [-0.2, -0.15) is 0 Å². The number of rotatable bonds is 4. The molecule has 0 bridgehead atoms. The lowest BCUT2D eigenvalue weighted by Crippen LogP contribution is -2.13. The van der Waals surface area contributed by atoms with Crippen LogP contribution in [-0.4, -0.2) is 22.1 Å². The number of hydrogen-bond donors (Lipinski definition) is 0. The van der Waals surface area contributed by atoms with Crippen LogP contribution in [0, 0.1) is 12.7 Å². The van der Waals surface area contributed by atoms with E-state index < -0.39 is 5.97 Å². The maximum absolute atomic E-state index is 13.3. The van der Waals surface area contributed by atoms with Gasteiger partial charge in [0, 0.05) is 11.3 Å². The van der Waals surface area contributed by atoms with Crippen LogP contribution in [0.4, 0.5) is 4.39 Å². The molecule has 0 radical (unpaired) electrons. The van der Waals surface area contributed by atoms with E-state index in [0.717, 1.165) is 5.56 Å². The van der Waals surface area contributed by atoms with E-state index in [4.69, 9.17) is 4.74 Å². The van der Waals surface area contributed by atoms with E-state index in [1.165, 1.54) is 12.1 Å². The first-order valence-corrected chi connectivity index (χ1v) is 7.69. The highest BCUT2D eigenvalue weighted by Gasteiger charge is 2.23. The predicted molar refractivity (Wildman–Crippen MR) is 89.7 cm³/mol. The molecule has 3 rings (SSSR count). The highest BCUT2D eigenvalue weighted by molar-refractivity contribution is 5.91. The standard InChI is InChI=1S/C19H17FN2O2/c1-3-24-19(23)17-13(2)21-18(14-7-5-4-6-8-14)22(17)16-11-9-15(20)10-12-16/h4-12H,3H2,1-2H3. The first-order valence-electron chi connectivity index (χ1n) is 7.69. The van der Waals surface area contributed by atoms with Gasteiger partial charge in [-0.15, -0.1) is 0 Å². The molecule has 24 heavy (non-hydrogen) atoms. The third-order valence-electron chi connectivity index (χ3n) is 3.64. The molecule has 5 heteroatoms. The lowest BCUT2D eigenvalue weighted by atomic mass is 10.2. The Morgan fingerprint density at radius 2 is 1.79 bits per heavy atom. The summed E-state index contributed by atoms with van der Waals surface area (Å²) in [6.07, 6.45) is 0. The van der Waals surface area contributed by atoms with Crippen molar-refractivity contribution in [2.45, 2.75) is 13.8 Å². The average molecular weight is 324 g/mol. The van der Waals surface area contributed by atoms with Crippen LogP contribution < -0.4 is 0 Å². The number of halogens is 1. The Bertz CT molecular complexity index is 855. The first-order chi connectivity index (χ1) is 11.6. The van der Waals surface area contributed by atoms with Gasteiger partial charge in [-0.3, -0.25) is 4.57 Å². The summed E-state index contributed by atoms with van der Waals surface area (Å²) < 4.78 is 20.2. The summed E-state index contributed by atoms with van der Waals surface area (Å²) in [7, 11) is 0. The fraction of sp³-hybridized carbons (Fsp3) is 0.158. The monoisotopic (exact) mass is 324 g/mol. The fourth-order valence-electron chi connectivity index (χ4n) is 2.59. The Kier molecular flexibility index (Phi) is 4.42. The van der Waals surface area contributed by atoms with Crippen LogP contribution >= 0.6 is 0 Å². The van der Waals surface area contributed by atoms with Crippen molar-refractivity contribution in [2.24, 2.45) is 0 Å². The second kappa shape index (κ2) is 6.66. The summed E-state index contributed by atoms with van der Waals surface area (Å²) in [6.45, 7) is 3.79. The largest absolute Gasteiger partial charge is 0.461 e. The average Bonchev–Trinajstić information content (AvgIpc) is 2.94. The number of esters is 1. The molecule has 0 aliphatic rings. The molecule has 0 atom stereocenters. The highest BCUT2D eigenvalue weighted by atomic mass is 19.1. The number of carbonyl (C=O) groups excluding carboxylic acids is 1. The van der Waals surface area contributed by atoms with Gasteiger partial charge < -0.3 is 4.74 Å². The van der Waals surface area contributed by atoms with Gasteiger partial charge in [0.15, 0.2) is 5.69 Å². The first kappa shape index (κ1) is 15.9. The number of nitrogens with zero attached hydrogens (tertiary/aromatic N) is 2. The molecule has 122 valence electrons. The van der Waals surface area contributed by atoms with E-state index in [-0.39, 0.29) is 12.4 Å². The topological polar surface area (TPSA) is 44.1 Å². The van der Waals surface area contributed by atoms with E-state index in [1.54, 1.807) is 30.5 Å². The summed E-state index contributed by atoms with van der Waals surface area (Å²) in [5.74, 6) is -0.175. The molecule has 1 aromatic heterocycles. The van der Waals surface area contributed by atoms with Crippen molar-refractivity contribution in [3.63, 3.8) is 0 Å². The molecule has 0 saturated carbocycles. The summed E-state index contributed by atoms with van der Waals surface area (Å²) in [4.78, 5) is 17.0. The quantitative estimate of drug-likeness (QED) is 0.677. The van der Waals surface area contributed by atoms with E-state index in [2.05, 4.69) is 4.98 Å². The summed E-state index contributed by atoms with van der Waals surface area (Å²) in [5, 5.41) is 0. The van der Waals surface area contributed by atoms with Gasteiger partial charge in [0.2, 0.25) is 0 Å². The molecular weight excluding hydrogens is 307 g/mol. The molecule has 0 fully saturated rings. The second-order valence-corrected chi connectivity index (χ2v) is 5.27. The minimum absolute atomic E-state index is 0.271. The maximum Gasteiger partial charge on any atom is 0.357 e. The zero-order valence-electron chi connectivity index (χ0n) is 13.5. The van der Waals surface area contributed by atoms with E-state index in [0.29, 0.717) is 22.9 Å². The zero-order valence-corrected chi connectivity index (χ0v) is 13.5. The lowest BCUT2D eigenvalue weighted by Gasteiger charge is -2.12. The van der Waals surface area contributed by atoms with Crippen LogP contribution in [0.25, 0.3) is 17.1 Å². The van der Waals surface area contributed by atoms with Crippen molar-refractivity contribution in [1.29, 1.82) is 0 Å². The second-order valence-electron chi connectivity index (χ2n) is 5.27. The molecule has 1 heterocycles. The summed E-state index contributed by atoms with van der Waals surface area (Å²) >= 11 is 0.